The van der Waals surface area contributed by atoms with Crippen LogP contribution in [0.25, 0.3) is 11.2 Å². The van der Waals surface area contributed by atoms with Gasteiger partial charge in [0.1, 0.15) is 11.6 Å². The second kappa shape index (κ2) is 9.73. The molecule has 1 spiro atoms. The van der Waals surface area contributed by atoms with Crippen molar-refractivity contribution in [2.45, 2.75) is 58.2 Å². The Balaban J connectivity index is 1.10. The van der Waals surface area contributed by atoms with E-state index >= 15 is 0 Å². The number of carbonyl (C=O) groups excluding carboxylic acids is 2. The van der Waals surface area contributed by atoms with Crippen LogP contribution in [0.2, 0.25) is 10.0 Å². The molecule has 3 aliphatic heterocycles. The van der Waals surface area contributed by atoms with Crippen molar-refractivity contribution in [3.05, 3.63) is 40.0 Å². The highest BCUT2D eigenvalue weighted by Crippen LogP contribution is 2.42. The van der Waals surface area contributed by atoms with Crippen molar-refractivity contribution in [2.75, 3.05) is 37.6 Å². The smallest absolute Gasteiger partial charge is 0.410 e. The van der Waals surface area contributed by atoms with Gasteiger partial charge in [-0.15, -0.1) is 5.10 Å². The molecule has 1 aromatic carbocycles. The molecule has 0 aliphatic carbocycles. The third-order valence-electron chi connectivity index (χ3n) is 7.85. The molecular formula is C27H32Cl2N8O3. The maximum atomic E-state index is 13.3. The highest BCUT2D eigenvalue weighted by atomic mass is 35.5. The van der Waals surface area contributed by atoms with Crippen LogP contribution >= 0.6 is 23.2 Å². The van der Waals surface area contributed by atoms with Gasteiger partial charge in [0.2, 0.25) is 11.9 Å². The molecule has 6 rings (SSSR count). The van der Waals surface area contributed by atoms with Crippen molar-refractivity contribution in [3.63, 3.8) is 0 Å². The molecule has 0 saturated carbocycles. The van der Waals surface area contributed by atoms with E-state index in [-0.39, 0.29) is 17.4 Å². The van der Waals surface area contributed by atoms with Crippen LogP contribution in [0.3, 0.4) is 0 Å². The number of ether oxygens (including phenoxy) is 1. The number of anilines is 1. The van der Waals surface area contributed by atoms with Crippen molar-refractivity contribution in [3.8, 4) is 0 Å². The number of amides is 2. The minimum Gasteiger partial charge on any atom is -0.444 e. The van der Waals surface area contributed by atoms with Crippen LogP contribution in [-0.2, 0) is 9.53 Å². The Labute approximate surface area is 242 Å². The van der Waals surface area contributed by atoms with Gasteiger partial charge in [0.05, 0.1) is 12.2 Å². The minimum absolute atomic E-state index is 0.00919. The fourth-order valence-electron chi connectivity index (χ4n) is 5.92. The molecule has 0 N–H and O–H groups in total. The molecular weight excluding hydrogens is 555 g/mol. The van der Waals surface area contributed by atoms with Crippen LogP contribution in [0.4, 0.5) is 10.7 Å². The van der Waals surface area contributed by atoms with Crippen molar-refractivity contribution >= 4 is 52.3 Å². The normalized spacial score (nSPS) is 20.9. The molecule has 40 heavy (non-hydrogen) atoms. The van der Waals surface area contributed by atoms with Gasteiger partial charge in [-0.05, 0) is 58.2 Å². The molecule has 0 radical (unpaired) electrons. The average molecular weight is 588 g/mol. The summed E-state index contributed by atoms with van der Waals surface area (Å²) in [5.74, 6) is 0.614. The van der Waals surface area contributed by atoms with Crippen molar-refractivity contribution in [1.29, 1.82) is 0 Å². The first-order valence-electron chi connectivity index (χ1n) is 13.5. The quantitative estimate of drug-likeness (QED) is 0.447. The van der Waals surface area contributed by atoms with E-state index in [0.29, 0.717) is 53.2 Å². The zero-order valence-electron chi connectivity index (χ0n) is 23.0. The Morgan fingerprint density at radius 2 is 1.90 bits per heavy atom. The summed E-state index contributed by atoms with van der Waals surface area (Å²) in [6.45, 7) is 10.9. The average Bonchev–Trinajstić information content (AvgIpc) is 3.48. The third kappa shape index (κ3) is 4.83. The number of likely N-dealkylation sites (tertiary alicyclic amines) is 2. The number of fused-ring (bicyclic) bond motifs is 1. The van der Waals surface area contributed by atoms with Crippen LogP contribution in [0.15, 0.2) is 24.4 Å². The van der Waals surface area contributed by atoms with E-state index in [1.54, 1.807) is 27.9 Å². The monoisotopic (exact) mass is 586 g/mol. The lowest BCUT2D eigenvalue weighted by Crippen LogP contribution is -2.74. The second-order valence-corrected chi connectivity index (χ2v) is 13.0. The minimum atomic E-state index is -0.594. The van der Waals surface area contributed by atoms with Crippen LogP contribution in [0.1, 0.15) is 52.1 Å². The van der Waals surface area contributed by atoms with Gasteiger partial charge >= 0.3 is 6.09 Å². The summed E-state index contributed by atoms with van der Waals surface area (Å²) in [5.41, 5.74) is 1.52. The summed E-state index contributed by atoms with van der Waals surface area (Å²) in [5, 5.41) is 9.67. The largest absolute Gasteiger partial charge is 0.444 e. The summed E-state index contributed by atoms with van der Waals surface area (Å²) in [6.07, 6.45) is 2.74. The summed E-state index contributed by atoms with van der Waals surface area (Å²) in [6, 6.07) is 4.74. The Morgan fingerprint density at radius 3 is 2.60 bits per heavy atom. The molecule has 0 unspecified atom stereocenters. The zero-order chi connectivity index (χ0) is 28.4. The number of rotatable bonds is 4. The number of nitrogens with zero attached hydrogens (tertiary/aromatic N) is 8. The number of benzene rings is 1. The summed E-state index contributed by atoms with van der Waals surface area (Å²) >= 11 is 12.5. The third-order valence-corrected chi connectivity index (χ3v) is 8.41. The van der Waals surface area contributed by atoms with Gasteiger partial charge in [0.25, 0.3) is 0 Å². The fourth-order valence-corrected chi connectivity index (χ4v) is 6.48. The van der Waals surface area contributed by atoms with Gasteiger partial charge in [-0.25, -0.2) is 14.5 Å². The summed E-state index contributed by atoms with van der Waals surface area (Å²) < 4.78 is 7.27. The van der Waals surface area contributed by atoms with Gasteiger partial charge in [-0.3, -0.25) is 9.69 Å². The van der Waals surface area contributed by atoms with Gasteiger partial charge in [0.15, 0.2) is 11.2 Å². The van der Waals surface area contributed by atoms with Crippen LogP contribution < -0.4 is 4.90 Å². The van der Waals surface area contributed by atoms with Gasteiger partial charge in [-0.2, -0.15) is 4.98 Å². The van der Waals surface area contributed by atoms with Crippen LogP contribution in [-0.4, -0.2) is 91.1 Å². The van der Waals surface area contributed by atoms with E-state index in [1.807, 2.05) is 38.7 Å². The van der Waals surface area contributed by atoms with Crippen LogP contribution in [0, 0.1) is 5.41 Å². The Morgan fingerprint density at radius 1 is 1.15 bits per heavy atom. The molecule has 11 nitrogen and oxygen atoms in total. The van der Waals surface area contributed by atoms with Crippen molar-refractivity contribution in [1.82, 2.24) is 34.8 Å². The second-order valence-electron chi connectivity index (χ2n) is 12.1. The SMILES string of the molecule is C[C@H](c1ccc(Cl)cc1Cl)n1nnc2cnc(N3CC4(CN(C(=O)[C@H]5CCCN5C(=O)OC(C)(C)C)C4)C3)nc21. The number of hydrogen-bond acceptors (Lipinski definition) is 8. The summed E-state index contributed by atoms with van der Waals surface area (Å²) in [4.78, 5) is 40.8. The highest BCUT2D eigenvalue weighted by Gasteiger charge is 2.55. The van der Waals surface area contributed by atoms with Crippen molar-refractivity contribution < 1.29 is 14.3 Å². The number of halogens is 2. The lowest BCUT2D eigenvalue weighted by Gasteiger charge is -2.60. The predicted octanol–water partition coefficient (Wildman–Crippen LogP) is 4.19. The number of hydrogen-bond donors (Lipinski definition) is 0. The van der Waals surface area contributed by atoms with E-state index in [9.17, 15) is 9.59 Å². The molecule has 3 aliphatic rings. The van der Waals surface area contributed by atoms with E-state index in [1.165, 1.54) is 0 Å². The lowest BCUT2D eigenvalue weighted by molar-refractivity contribution is -0.150. The van der Waals surface area contributed by atoms with Crippen molar-refractivity contribution in [2.24, 2.45) is 5.41 Å². The Bertz CT molecular complexity index is 1470. The lowest BCUT2D eigenvalue weighted by atomic mass is 9.72. The summed E-state index contributed by atoms with van der Waals surface area (Å²) in [7, 11) is 0. The Kier molecular flexibility index (Phi) is 6.57. The molecule has 2 atom stereocenters. The molecule has 2 amide bonds. The fraction of sp³-hybridized carbons (Fsp3) is 0.556. The maximum absolute atomic E-state index is 13.3. The zero-order valence-corrected chi connectivity index (χ0v) is 24.5. The first kappa shape index (κ1) is 27.0. The van der Waals surface area contributed by atoms with Gasteiger partial charge in [-0.1, -0.05) is 34.5 Å². The first-order valence-corrected chi connectivity index (χ1v) is 14.2. The number of aromatic nitrogens is 5. The first-order chi connectivity index (χ1) is 18.9. The molecule has 3 aromatic rings. The molecule has 0 bridgehead atoms. The Hall–Kier alpha value is -3.18. The standard InChI is InChI=1S/C27H32Cl2N8O3/c1-16(18-8-7-17(28)10-19(18)29)37-22-20(32-33-37)11-30-24(31-22)35-14-27(15-35)12-34(13-27)23(38)21-6-5-9-36(21)25(39)40-26(2,3)4/h7-8,10-11,16,21H,5-6,9,12-15H2,1-4H3/t16-,21-/m1/s1. The molecule has 212 valence electrons. The van der Waals surface area contributed by atoms with Crippen LogP contribution in [0.5, 0.6) is 0 Å². The maximum Gasteiger partial charge on any atom is 0.410 e. The predicted molar refractivity (Wildman–Crippen MR) is 151 cm³/mol. The van der Waals surface area contributed by atoms with E-state index in [4.69, 9.17) is 32.9 Å². The molecule has 2 aromatic heterocycles. The molecule has 3 saturated heterocycles. The topological polar surface area (TPSA) is 110 Å². The van der Waals surface area contributed by atoms with E-state index in [2.05, 4.69) is 20.2 Å². The molecule has 5 heterocycles. The molecule has 3 fully saturated rings. The number of carbonyl (C=O) groups is 2. The van der Waals surface area contributed by atoms with E-state index in [0.717, 1.165) is 25.1 Å². The van der Waals surface area contributed by atoms with E-state index < -0.39 is 17.7 Å². The highest BCUT2D eigenvalue weighted by molar-refractivity contribution is 6.35. The molecule has 13 heteroatoms. The van der Waals surface area contributed by atoms with Gasteiger partial charge in [0, 0.05) is 48.2 Å². The van der Waals surface area contributed by atoms with Gasteiger partial charge < -0.3 is 14.5 Å².